The first kappa shape index (κ1) is 17.9. The Hall–Kier alpha value is -2.16. The highest BCUT2D eigenvalue weighted by atomic mass is 19.1. The van der Waals surface area contributed by atoms with Crippen molar-refractivity contribution >= 4 is 5.78 Å². The molecule has 0 unspecified atom stereocenters. The molecule has 0 radical (unpaired) electrons. The average Bonchev–Trinajstić information content (AvgIpc) is 3.01. The number of benzene rings is 2. The second-order valence-electron chi connectivity index (χ2n) is 9.06. The van der Waals surface area contributed by atoms with Gasteiger partial charge in [0.15, 0.2) is 0 Å². The average molecular weight is 378 g/mol. The van der Waals surface area contributed by atoms with E-state index >= 15 is 4.39 Å². The third-order valence-corrected chi connectivity index (χ3v) is 7.64. The lowest BCUT2D eigenvalue weighted by atomic mass is 9.55. The first-order valence-electron chi connectivity index (χ1n) is 10.5. The van der Waals surface area contributed by atoms with Crippen LogP contribution < -0.4 is 4.74 Å². The maximum absolute atomic E-state index is 15.4. The van der Waals surface area contributed by atoms with Crippen LogP contribution in [0.4, 0.5) is 4.39 Å². The van der Waals surface area contributed by atoms with Gasteiger partial charge in [-0.3, -0.25) is 4.79 Å². The van der Waals surface area contributed by atoms with Gasteiger partial charge in [0, 0.05) is 24.2 Å². The van der Waals surface area contributed by atoms with Crippen LogP contribution in [0.1, 0.15) is 55.2 Å². The normalized spacial score (nSPS) is 33.7. The fourth-order valence-electron chi connectivity index (χ4n) is 6.13. The molecule has 0 aromatic heterocycles. The summed E-state index contributed by atoms with van der Waals surface area (Å²) in [5.74, 6) is 1.61. The van der Waals surface area contributed by atoms with Crippen molar-refractivity contribution in [3.05, 3.63) is 65.2 Å². The predicted octanol–water partition coefficient (Wildman–Crippen LogP) is 5.64. The van der Waals surface area contributed by atoms with E-state index < -0.39 is 6.17 Å². The molecule has 2 saturated carbocycles. The van der Waals surface area contributed by atoms with Crippen LogP contribution in [0.25, 0.3) is 0 Å². The molecule has 3 heteroatoms. The molecule has 3 aliphatic carbocycles. The Labute approximate surface area is 166 Å². The summed E-state index contributed by atoms with van der Waals surface area (Å²) in [5, 5.41) is 0. The van der Waals surface area contributed by atoms with Crippen molar-refractivity contribution in [1.82, 2.24) is 0 Å². The van der Waals surface area contributed by atoms with Crippen molar-refractivity contribution < 1.29 is 13.9 Å². The largest absolute Gasteiger partial charge is 0.489 e. The molecule has 5 rings (SSSR count). The van der Waals surface area contributed by atoms with E-state index in [9.17, 15) is 4.79 Å². The molecule has 2 aromatic carbocycles. The minimum absolute atomic E-state index is 0.00575. The van der Waals surface area contributed by atoms with Crippen LogP contribution in [-0.2, 0) is 17.8 Å². The van der Waals surface area contributed by atoms with Gasteiger partial charge in [-0.25, -0.2) is 4.39 Å². The van der Waals surface area contributed by atoms with E-state index in [0.29, 0.717) is 25.2 Å². The summed E-state index contributed by atoms with van der Waals surface area (Å²) in [6, 6.07) is 16.3. The minimum Gasteiger partial charge on any atom is -0.489 e. The van der Waals surface area contributed by atoms with E-state index in [4.69, 9.17) is 4.74 Å². The highest BCUT2D eigenvalue weighted by Crippen LogP contribution is 2.60. The van der Waals surface area contributed by atoms with E-state index in [1.807, 2.05) is 42.5 Å². The third kappa shape index (κ3) is 2.78. The van der Waals surface area contributed by atoms with Crippen LogP contribution in [0.2, 0.25) is 0 Å². The third-order valence-electron chi connectivity index (χ3n) is 7.64. The molecule has 0 spiro atoms. The van der Waals surface area contributed by atoms with Gasteiger partial charge in [0.25, 0.3) is 0 Å². The summed E-state index contributed by atoms with van der Waals surface area (Å²) in [5.41, 5.74) is 3.21. The molecular formula is C25H27FO2. The number of fused-ring (bicyclic) bond motifs is 5. The Morgan fingerprint density at radius 1 is 1.14 bits per heavy atom. The van der Waals surface area contributed by atoms with Crippen molar-refractivity contribution in [3.63, 3.8) is 0 Å². The highest BCUT2D eigenvalue weighted by Gasteiger charge is 2.57. The highest BCUT2D eigenvalue weighted by molar-refractivity contribution is 5.87. The van der Waals surface area contributed by atoms with Crippen molar-refractivity contribution in [1.29, 1.82) is 0 Å². The molecular weight excluding hydrogens is 351 g/mol. The molecule has 146 valence electrons. The topological polar surface area (TPSA) is 26.3 Å². The van der Waals surface area contributed by atoms with Gasteiger partial charge in [0.05, 0.1) is 0 Å². The molecule has 0 heterocycles. The van der Waals surface area contributed by atoms with E-state index in [0.717, 1.165) is 36.1 Å². The quantitative estimate of drug-likeness (QED) is 0.691. The SMILES string of the molecule is C[C@]12CC[C@@H]3c4ccc(OCc5ccccc5)cc4C[C@@H](F)[C@H]3[C@@H]1CCC2=O. The number of Topliss-reactive ketones (excluding diaryl/α,β-unsaturated/α-hetero) is 1. The van der Waals surface area contributed by atoms with Gasteiger partial charge in [0.1, 0.15) is 24.3 Å². The molecule has 0 aliphatic heterocycles. The van der Waals surface area contributed by atoms with Crippen LogP contribution in [0.5, 0.6) is 5.75 Å². The van der Waals surface area contributed by atoms with Crippen LogP contribution >= 0.6 is 0 Å². The number of carbonyl (C=O) groups excluding carboxylic acids is 1. The molecule has 2 aromatic rings. The first-order chi connectivity index (χ1) is 13.6. The smallest absolute Gasteiger partial charge is 0.139 e. The zero-order valence-corrected chi connectivity index (χ0v) is 16.4. The van der Waals surface area contributed by atoms with E-state index in [1.165, 1.54) is 5.56 Å². The number of halogens is 1. The molecule has 0 saturated heterocycles. The van der Waals surface area contributed by atoms with Gasteiger partial charge in [-0.15, -0.1) is 0 Å². The van der Waals surface area contributed by atoms with E-state index in [2.05, 4.69) is 13.0 Å². The lowest BCUT2D eigenvalue weighted by molar-refractivity contribution is -0.130. The van der Waals surface area contributed by atoms with E-state index in [1.54, 1.807) is 0 Å². The second kappa shape index (κ2) is 6.72. The summed E-state index contributed by atoms with van der Waals surface area (Å²) in [4.78, 5) is 12.5. The molecule has 0 N–H and O–H groups in total. The molecule has 5 atom stereocenters. The fraction of sp³-hybridized carbons (Fsp3) is 0.480. The summed E-state index contributed by atoms with van der Waals surface area (Å²) in [6.45, 7) is 2.61. The molecule has 2 nitrogen and oxygen atoms in total. The zero-order chi connectivity index (χ0) is 19.3. The van der Waals surface area contributed by atoms with Crippen LogP contribution in [-0.4, -0.2) is 12.0 Å². The Morgan fingerprint density at radius 3 is 2.79 bits per heavy atom. The molecule has 0 bridgehead atoms. The monoisotopic (exact) mass is 378 g/mol. The number of alkyl halides is 1. The number of hydrogen-bond donors (Lipinski definition) is 0. The summed E-state index contributed by atoms with van der Waals surface area (Å²) in [6.07, 6.45) is 2.90. The van der Waals surface area contributed by atoms with E-state index in [-0.39, 0.29) is 23.2 Å². The number of hydrogen-bond acceptors (Lipinski definition) is 2. The van der Waals surface area contributed by atoms with Crippen molar-refractivity contribution in [2.45, 2.75) is 57.7 Å². The maximum atomic E-state index is 15.4. The number of carbonyl (C=O) groups is 1. The predicted molar refractivity (Wildman–Crippen MR) is 107 cm³/mol. The van der Waals surface area contributed by atoms with Crippen molar-refractivity contribution in [2.24, 2.45) is 17.3 Å². The first-order valence-corrected chi connectivity index (χ1v) is 10.5. The molecule has 0 amide bonds. The molecule has 2 fully saturated rings. The van der Waals surface area contributed by atoms with Crippen LogP contribution in [0, 0.1) is 17.3 Å². The van der Waals surface area contributed by atoms with Crippen molar-refractivity contribution in [3.8, 4) is 5.75 Å². The van der Waals surface area contributed by atoms with Gasteiger partial charge in [-0.2, -0.15) is 0 Å². The van der Waals surface area contributed by atoms with Gasteiger partial charge < -0.3 is 4.74 Å². The lowest BCUT2D eigenvalue weighted by Crippen LogP contribution is -2.47. The minimum atomic E-state index is -0.864. The number of ether oxygens (including phenoxy) is 1. The van der Waals surface area contributed by atoms with Crippen molar-refractivity contribution in [2.75, 3.05) is 0 Å². The zero-order valence-electron chi connectivity index (χ0n) is 16.4. The van der Waals surface area contributed by atoms with Gasteiger partial charge in [-0.05, 0) is 59.9 Å². The Balaban J connectivity index is 1.39. The van der Waals surface area contributed by atoms with Gasteiger partial charge >= 0.3 is 0 Å². The Kier molecular flexibility index (Phi) is 4.30. The number of rotatable bonds is 3. The van der Waals surface area contributed by atoms with Gasteiger partial charge in [0.2, 0.25) is 0 Å². The fourth-order valence-corrected chi connectivity index (χ4v) is 6.13. The number of ketones is 1. The standard InChI is InChI=1S/C25H27FO2/c1-25-12-11-20-19-8-7-18(28-15-16-5-3-2-4-6-16)13-17(19)14-22(26)24(20)21(25)9-10-23(25)27/h2-8,13,20-22,24H,9-12,14-15H2,1H3/t20-,21+,22-,24-,25+/m1/s1. The second-order valence-corrected chi connectivity index (χ2v) is 9.06. The Bertz CT molecular complexity index is 893. The van der Waals surface area contributed by atoms with Crippen LogP contribution in [0.15, 0.2) is 48.5 Å². The molecule has 3 aliphatic rings. The molecule has 28 heavy (non-hydrogen) atoms. The summed E-state index contributed by atoms with van der Waals surface area (Å²) >= 11 is 0. The Morgan fingerprint density at radius 2 is 1.96 bits per heavy atom. The summed E-state index contributed by atoms with van der Waals surface area (Å²) in [7, 11) is 0. The maximum Gasteiger partial charge on any atom is 0.139 e. The van der Waals surface area contributed by atoms with Gasteiger partial charge in [-0.1, -0.05) is 43.3 Å². The lowest BCUT2D eigenvalue weighted by Gasteiger charge is -2.49. The van der Waals surface area contributed by atoms with Crippen LogP contribution in [0.3, 0.4) is 0 Å². The summed E-state index contributed by atoms with van der Waals surface area (Å²) < 4.78 is 21.3.